The molecular formula is C18H20N2O. The smallest absolute Gasteiger partial charge is 0.136 e. The number of methoxy groups -OCH3 is 1. The topological polar surface area (TPSA) is 45.0 Å². The van der Waals surface area contributed by atoms with E-state index in [1.165, 1.54) is 16.8 Å². The molecule has 0 amide bonds. The van der Waals surface area contributed by atoms with Crippen molar-refractivity contribution in [2.45, 2.75) is 26.8 Å². The number of nitriles is 1. The number of rotatable bonds is 5. The fourth-order valence-corrected chi connectivity index (χ4v) is 2.42. The third-order valence-corrected chi connectivity index (χ3v) is 3.59. The Labute approximate surface area is 126 Å². The van der Waals surface area contributed by atoms with Crippen LogP contribution in [0.25, 0.3) is 0 Å². The van der Waals surface area contributed by atoms with Crippen LogP contribution in [-0.2, 0) is 13.0 Å². The zero-order valence-electron chi connectivity index (χ0n) is 12.7. The number of nitrogens with one attached hydrogen (secondary N) is 1. The maximum atomic E-state index is 9.14. The van der Waals surface area contributed by atoms with Crippen LogP contribution in [0.3, 0.4) is 0 Å². The van der Waals surface area contributed by atoms with Crippen molar-refractivity contribution < 1.29 is 4.74 Å². The molecule has 0 spiro atoms. The van der Waals surface area contributed by atoms with Crippen molar-refractivity contribution in [3.8, 4) is 11.8 Å². The van der Waals surface area contributed by atoms with Gasteiger partial charge >= 0.3 is 0 Å². The lowest BCUT2D eigenvalue weighted by atomic mass is 10.0. The molecule has 0 saturated heterocycles. The van der Waals surface area contributed by atoms with Crippen LogP contribution in [-0.4, -0.2) is 7.11 Å². The van der Waals surface area contributed by atoms with Crippen LogP contribution in [0.5, 0.6) is 5.75 Å². The van der Waals surface area contributed by atoms with Crippen LogP contribution in [0.2, 0.25) is 0 Å². The van der Waals surface area contributed by atoms with E-state index in [4.69, 9.17) is 10.00 Å². The predicted molar refractivity (Wildman–Crippen MR) is 85.6 cm³/mol. The summed E-state index contributed by atoms with van der Waals surface area (Å²) in [5, 5.41) is 12.6. The number of nitrogens with zero attached hydrogens (tertiary/aromatic N) is 1. The third-order valence-electron chi connectivity index (χ3n) is 3.59. The van der Waals surface area contributed by atoms with Gasteiger partial charge in [-0.2, -0.15) is 5.26 Å². The number of hydrogen-bond donors (Lipinski definition) is 1. The average Bonchev–Trinajstić information content (AvgIpc) is 2.53. The van der Waals surface area contributed by atoms with E-state index in [1.54, 1.807) is 7.11 Å². The van der Waals surface area contributed by atoms with Crippen LogP contribution in [0.1, 0.15) is 29.2 Å². The zero-order chi connectivity index (χ0) is 15.2. The zero-order valence-corrected chi connectivity index (χ0v) is 12.7. The molecule has 3 heteroatoms. The number of anilines is 1. The molecule has 0 unspecified atom stereocenters. The standard InChI is InChI=1S/C18H20N2O/c1-4-15-7-5-6-13(2)18(15)20-12-14-8-9-17(21-3)16(10-14)11-19/h5-10,20H,4,12H2,1-3H3. The highest BCUT2D eigenvalue weighted by Crippen LogP contribution is 2.23. The second-order valence-corrected chi connectivity index (χ2v) is 4.96. The first-order valence-corrected chi connectivity index (χ1v) is 7.09. The predicted octanol–water partition coefficient (Wildman–Crippen LogP) is 4.05. The van der Waals surface area contributed by atoms with E-state index >= 15 is 0 Å². The number of para-hydroxylation sites is 1. The van der Waals surface area contributed by atoms with Crippen LogP contribution in [0.4, 0.5) is 5.69 Å². The molecule has 2 aromatic rings. The van der Waals surface area contributed by atoms with Crippen molar-refractivity contribution >= 4 is 5.69 Å². The first-order chi connectivity index (χ1) is 10.2. The normalized spacial score (nSPS) is 10.0. The monoisotopic (exact) mass is 280 g/mol. The van der Waals surface area contributed by atoms with Crippen LogP contribution in [0, 0.1) is 18.3 Å². The second-order valence-electron chi connectivity index (χ2n) is 4.96. The molecule has 0 heterocycles. The van der Waals surface area contributed by atoms with Gasteiger partial charge in [-0.25, -0.2) is 0 Å². The summed E-state index contributed by atoms with van der Waals surface area (Å²) in [4.78, 5) is 0. The van der Waals surface area contributed by atoms with Gasteiger partial charge in [0.1, 0.15) is 11.8 Å². The molecule has 2 aromatic carbocycles. The third kappa shape index (κ3) is 3.35. The minimum absolute atomic E-state index is 0.567. The number of hydrogen-bond acceptors (Lipinski definition) is 3. The molecule has 2 rings (SSSR count). The van der Waals surface area contributed by atoms with Crippen LogP contribution < -0.4 is 10.1 Å². The Morgan fingerprint density at radius 1 is 1.24 bits per heavy atom. The van der Waals surface area contributed by atoms with E-state index in [1.807, 2.05) is 18.2 Å². The van der Waals surface area contributed by atoms with E-state index in [9.17, 15) is 0 Å². The Kier molecular flexibility index (Phi) is 4.84. The lowest BCUT2D eigenvalue weighted by Crippen LogP contribution is -2.04. The summed E-state index contributed by atoms with van der Waals surface area (Å²) in [6.07, 6.45) is 0.996. The molecule has 0 aromatic heterocycles. The Hall–Kier alpha value is -2.47. The minimum atomic E-state index is 0.567. The maximum Gasteiger partial charge on any atom is 0.136 e. The van der Waals surface area contributed by atoms with Gasteiger partial charge in [0.25, 0.3) is 0 Å². The molecule has 0 radical (unpaired) electrons. The van der Waals surface area contributed by atoms with E-state index in [0.717, 1.165) is 12.0 Å². The van der Waals surface area contributed by atoms with Gasteiger partial charge in [0.15, 0.2) is 0 Å². The summed E-state index contributed by atoms with van der Waals surface area (Å²) >= 11 is 0. The largest absolute Gasteiger partial charge is 0.495 e. The summed E-state index contributed by atoms with van der Waals surface area (Å²) in [6.45, 7) is 4.95. The first kappa shape index (κ1) is 14.9. The van der Waals surface area contributed by atoms with E-state index in [0.29, 0.717) is 17.9 Å². The van der Waals surface area contributed by atoms with E-state index < -0.39 is 0 Å². The van der Waals surface area contributed by atoms with Gasteiger partial charge in [-0.15, -0.1) is 0 Å². The fraction of sp³-hybridized carbons (Fsp3) is 0.278. The van der Waals surface area contributed by atoms with Crippen molar-refractivity contribution in [2.75, 3.05) is 12.4 Å². The van der Waals surface area contributed by atoms with Crippen molar-refractivity contribution in [2.24, 2.45) is 0 Å². The molecule has 1 N–H and O–H groups in total. The first-order valence-electron chi connectivity index (χ1n) is 7.09. The SMILES string of the molecule is CCc1cccc(C)c1NCc1ccc(OC)c(C#N)c1. The van der Waals surface area contributed by atoms with Gasteiger partial charge in [0.2, 0.25) is 0 Å². The van der Waals surface area contributed by atoms with Crippen molar-refractivity contribution in [1.82, 2.24) is 0 Å². The summed E-state index contributed by atoms with van der Waals surface area (Å²) in [5.74, 6) is 0.617. The second kappa shape index (κ2) is 6.81. The molecule has 0 bridgehead atoms. The van der Waals surface area contributed by atoms with Crippen molar-refractivity contribution in [3.63, 3.8) is 0 Å². The molecule has 0 atom stereocenters. The average molecular weight is 280 g/mol. The van der Waals surface area contributed by atoms with Gasteiger partial charge in [-0.3, -0.25) is 0 Å². The Bertz CT molecular complexity index is 671. The van der Waals surface area contributed by atoms with Gasteiger partial charge in [0, 0.05) is 12.2 Å². The van der Waals surface area contributed by atoms with Crippen LogP contribution >= 0.6 is 0 Å². The number of ether oxygens (including phenoxy) is 1. The number of benzene rings is 2. The molecule has 0 aliphatic carbocycles. The summed E-state index contributed by atoms with van der Waals surface area (Å²) in [5.41, 5.74) is 5.37. The number of aryl methyl sites for hydroxylation is 2. The molecular weight excluding hydrogens is 260 g/mol. The quantitative estimate of drug-likeness (QED) is 0.898. The van der Waals surface area contributed by atoms with Gasteiger partial charge in [0.05, 0.1) is 12.7 Å². The van der Waals surface area contributed by atoms with E-state index in [-0.39, 0.29) is 0 Å². The maximum absolute atomic E-state index is 9.14. The highest BCUT2D eigenvalue weighted by molar-refractivity contribution is 5.57. The highest BCUT2D eigenvalue weighted by Gasteiger charge is 2.06. The molecule has 3 nitrogen and oxygen atoms in total. The Morgan fingerprint density at radius 3 is 2.71 bits per heavy atom. The Morgan fingerprint density at radius 2 is 2.05 bits per heavy atom. The lowest BCUT2D eigenvalue weighted by Gasteiger charge is -2.14. The van der Waals surface area contributed by atoms with Gasteiger partial charge in [-0.05, 0) is 42.2 Å². The molecule has 21 heavy (non-hydrogen) atoms. The van der Waals surface area contributed by atoms with E-state index in [2.05, 4.69) is 43.4 Å². The van der Waals surface area contributed by atoms with Crippen molar-refractivity contribution in [1.29, 1.82) is 5.26 Å². The lowest BCUT2D eigenvalue weighted by molar-refractivity contribution is 0.413. The summed E-state index contributed by atoms with van der Waals surface area (Å²) < 4.78 is 5.17. The molecule has 108 valence electrons. The molecule has 0 saturated carbocycles. The molecule has 0 aliphatic rings. The summed E-state index contributed by atoms with van der Waals surface area (Å²) in [7, 11) is 1.58. The van der Waals surface area contributed by atoms with Crippen LogP contribution in [0.15, 0.2) is 36.4 Å². The minimum Gasteiger partial charge on any atom is -0.495 e. The molecule has 0 fully saturated rings. The molecule has 0 aliphatic heterocycles. The highest BCUT2D eigenvalue weighted by atomic mass is 16.5. The van der Waals surface area contributed by atoms with Gasteiger partial charge < -0.3 is 10.1 Å². The van der Waals surface area contributed by atoms with Gasteiger partial charge in [-0.1, -0.05) is 31.2 Å². The summed E-state index contributed by atoms with van der Waals surface area (Å²) in [6, 6.07) is 14.2. The Balaban J connectivity index is 2.19. The van der Waals surface area contributed by atoms with Crippen molar-refractivity contribution in [3.05, 3.63) is 58.7 Å². The fourth-order valence-electron chi connectivity index (χ4n) is 2.42.